The van der Waals surface area contributed by atoms with Gasteiger partial charge >= 0.3 is 5.69 Å². The number of nitrogens with one attached hydrogen (secondary N) is 1. The first-order valence-corrected chi connectivity index (χ1v) is 5.65. The Labute approximate surface area is 98.9 Å². The lowest BCUT2D eigenvalue weighted by Gasteiger charge is -2.15. The van der Waals surface area contributed by atoms with Crippen molar-refractivity contribution in [3.05, 3.63) is 33.1 Å². The summed E-state index contributed by atoms with van der Waals surface area (Å²) in [6.45, 7) is 3.30. The third-order valence-electron chi connectivity index (χ3n) is 2.31. The second kappa shape index (κ2) is 7.03. The van der Waals surface area contributed by atoms with Gasteiger partial charge in [0, 0.05) is 37.9 Å². The SMILES string of the molecule is CCCOCC(CO)Cn1ccc(=O)[nH]c1=O. The van der Waals surface area contributed by atoms with Gasteiger partial charge in [-0.2, -0.15) is 0 Å². The van der Waals surface area contributed by atoms with Crippen LogP contribution in [-0.4, -0.2) is 34.5 Å². The first-order chi connectivity index (χ1) is 8.17. The fourth-order valence-corrected chi connectivity index (χ4v) is 1.42. The van der Waals surface area contributed by atoms with Crippen LogP contribution in [0, 0.1) is 5.92 Å². The van der Waals surface area contributed by atoms with Gasteiger partial charge in [-0.3, -0.25) is 9.78 Å². The molecule has 1 atom stereocenters. The molecule has 0 aliphatic carbocycles. The quantitative estimate of drug-likeness (QED) is 0.635. The zero-order chi connectivity index (χ0) is 12.7. The fraction of sp³-hybridized carbons (Fsp3) is 0.636. The van der Waals surface area contributed by atoms with Gasteiger partial charge in [-0.25, -0.2) is 4.79 Å². The molecular formula is C11H18N2O4. The number of ether oxygens (including phenoxy) is 1. The molecule has 6 heteroatoms. The summed E-state index contributed by atoms with van der Waals surface area (Å²) < 4.78 is 6.68. The molecule has 96 valence electrons. The van der Waals surface area contributed by atoms with Crippen molar-refractivity contribution < 1.29 is 9.84 Å². The first kappa shape index (κ1) is 13.7. The van der Waals surface area contributed by atoms with Gasteiger partial charge in [-0.1, -0.05) is 6.92 Å². The number of aliphatic hydroxyl groups is 1. The lowest BCUT2D eigenvalue weighted by atomic mass is 10.2. The molecule has 0 radical (unpaired) electrons. The summed E-state index contributed by atoms with van der Waals surface area (Å²) in [5.41, 5.74) is -0.888. The summed E-state index contributed by atoms with van der Waals surface area (Å²) in [7, 11) is 0. The highest BCUT2D eigenvalue weighted by molar-refractivity contribution is 4.83. The second-order valence-electron chi connectivity index (χ2n) is 3.89. The zero-order valence-electron chi connectivity index (χ0n) is 9.89. The van der Waals surface area contributed by atoms with Crippen LogP contribution < -0.4 is 11.2 Å². The minimum atomic E-state index is -0.466. The number of H-pyrrole nitrogens is 1. The molecule has 0 amide bonds. The first-order valence-electron chi connectivity index (χ1n) is 5.65. The molecule has 0 aromatic carbocycles. The molecule has 0 bridgehead atoms. The number of hydrogen-bond acceptors (Lipinski definition) is 4. The van der Waals surface area contributed by atoms with E-state index in [1.165, 1.54) is 16.8 Å². The van der Waals surface area contributed by atoms with Crippen LogP contribution in [0.1, 0.15) is 13.3 Å². The van der Waals surface area contributed by atoms with E-state index in [4.69, 9.17) is 9.84 Å². The number of aromatic amines is 1. The number of nitrogens with zero attached hydrogens (tertiary/aromatic N) is 1. The Morgan fingerprint density at radius 3 is 2.88 bits per heavy atom. The van der Waals surface area contributed by atoms with E-state index in [0.29, 0.717) is 19.8 Å². The molecule has 1 rings (SSSR count). The summed E-state index contributed by atoms with van der Waals surface area (Å²) in [4.78, 5) is 24.4. The molecule has 1 aromatic heterocycles. The Bertz CT molecular complexity index is 438. The Morgan fingerprint density at radius 1 is 1.53 bits per heavy atom. The molecule has 0 aliphatic rings. The molecule has 1 aromatic rings. The normalized spacial score (nSPS) is 12.6. The summed E-state index contributed by atoms with van der Waals surface area (Å²) in [6.07, 6.45) is 2.33. The molecular weight excluding hydrogens is 224 g/mol. The van der Waals surface area contributed by atoms with Gasteiger partial charge in [0.1, 0.15) is 0 Å². The number of rotatable bonds is 7. The van der Waals surface area contributed by atoms with E-state index in [9.17, 15) is 9.59 Å². The largest absolute Gasteiger partial charge is 0.396 e. The van der Waals surface area contributed by atoms with Crippen molar-refractivity contribution in [3.8, 4) is 0 Å². The minimum Gasteiger partial charge on any atom is -0.396 e. The van der Waals surface area contributed by atoms with Crippen LogP contribution in [0.25, 0.3) is 0 Å². The highest BCUT2D eigenvalue weighted by atomic mass is 16.5. The molecule has 0 saturated carbocycles. The van der Waals surface area contributed by atoms with Crippen LogP contribution in [0.4, 0.5) is 0 Å². The second-order valence-corrected chi connectivity index (χ2v) is 3.89. The molecule has 17 heavy (non-hydrogen) atoms. The molecule has 6 nitrogen and oxygen atoms in total. The maximum Gasteiger partial charge on any atom is 0.328 e. The number of aromatic nitrogens is 2. The standard InChI is InChI=1S/C11H18N2O4/c1-2-5-17-8-9(7-14)6-13-4-3-10(15)12-11(13)16/h3-4,9,14H,2,5-8H2,1H3,(H,12,15,16). The molecule has 0 aliphatic heterocycles. The van der Waals surface area contributed by atoms with Crippen LogP contribution in [0.15, 0.2) is 21.9 Å². The van der Waals surface area contributed by atoms with Crippen molar-refractivity contribution >= 4 is 0 Å². The van der Waals surface area contributed by atoms with E-state index >= 15 is 0 Å². The van der Waals surface area contributed by atoms with E-state index in [0.717, 1.165) is 6.42 Å². The number of hydrogen-bond donors (Lipinski definition) is 2. The maximum atomic E-state index is 11.4. The smallest absolute Gasteiger partial charge is 0.328 e. The molecule has 1 heterocycles. The van der Waals surface area contributed by atoms with Crippen LogP contribution in [0.3, 0.4) is 0 Å². The Hall–Kier alpha value is -1.40. The highest BCUT2D eigenvalue weighted by Crippen LogP contribution is 2.00. The van der Waals surface area contributed by atoms with Gasteiger partial charge < -0.3 is 14.4 Å². The van der Waals surface area contributed by atoms with Crippen molar-refractivity contribution in [2.24, 2.45) is 5.92 Å². The van der Waals surface area contributed by atoms with E-state index < -0.39 is 11.2 Å². The van der Waals surface area contributed by atoms with Crippen molar-refractivity contribution in [1.29, 1.82) is 0 Å². The van der Waals surface area contributed by atoms with Crippen molar-refractivity contribution in [2.75, 3.05) is 19.8 Å². The average molecular weight is 242 g/mol. The van der Waals surface area contributed by atoms with Crippen molar-refractivity contribution in [3.63, 3.8) is 0 Å². The third kappa shape index (κ3) is 4.54. The van der Waals surface area contributed by atoms with E-state index in [2.05, 4.69) is 4.98 Å². The van der Waals surface area contributed by atoms with Gasteiger partial charge in [-0.15, -0.1) is 0 Å². The van der Waals surface area contributed by atoms with Gasteiger partial charge in [0.15, 0.2) is 0 Å². The predicted molar refractivity (Wildman–Crippen MR) is 63.0 cm³/mol. The van der Waals surface area contributed by atoms with E-state index in [1.807, 2.05) is 6.92 Å². The van der Waals surface area contributed by atoms with Crippen LogP contribution in [0.2, 0.25) is 0 Å². The van der Waals surface area contributed by atoms with Crippen LogP contribution >= 0.6 is 0 Å². The summed E-state index contributed by atoms with van der Waals surface area (Å²) in [5.74, 6) is -0.148. The summed E-state index contributed by atoms with van der Waals surface area (Å²) in [5, 5.41) is 9.16. The highest BCUT2D eigenvalue weighted by Gasteiger charge is 2.09. The van der Waals surface area contributed by atoms with Gasteiger partial charge in [0.2, 0.25) is 0 Å². The Kier molecular flexibility index (Phi) is 5.65. The molecule has 0 fully saturated rings. The third-order valence-corrected chi connectivity index (χ3v) is 2.31. The van der Waals surface area contributed by atoms with Crippen LogP contribution in [-0.2, 0) is 11.3 Å². The minimum absolute atomic E-state index is 0.0602. The fourth-order valence-electron chi connectivity index (χ4n) is 1.42. The van der Waals surface area contributed by atoms with Gasteiger partial charge in [0.05, 0.1) is 6.61 Å². The van der Waals surface area contributed by atoms with Crippen LogP contribution in [0.5, 0.6) is 0 Å². The molecule has 1 unspecified atom stereocenters. The van der Waals surface area contributed by atoms with Gasteiger partial charge in [0.25, 0.3) is 5.56 Å². The monoisotopic (exact) mass is 242 g/mol. The molecule has 0 spiro atoms. The molecule has 0 saturated heterocycles. The topological polar surface area (TPSA) is 84.3 Å². The maximum absolute atomic E-state index is 11.4. The number of aliphatic hydroxyl groups excluding tert-OH is 1. The van der Waals surface area contributed by atoms with Crippen molar-refractivity contribution in [1.82, 2.24) is 9.55 Å². The van der Waals surface area contributed by atoms with Gasteiger partial charge in [-0.05, 0) is 6.42 Å². The van der Waals surface area contributed by atoms with E-state index in [-0.39, 0.29) is 12.5 Å². The molecule has 2 N–H and O–H groups in total. The lowest BCUT2D eigenvalue weighted by Crippen LogP contribution is -2.32. The predicted octanol–water partition coefficient (Wildman–Crippen LogP) is -0.428. The zero-order valence-corrected chi connectivity index (χ0v) is 9.89. The van der Waals surface area contributed by atoms with E-state index in [1.54, 1.807) is 0 Å². The summed E-state index contributed by atoms with van der Waals surface area (Å²) in [6, 6.07) is 1.28. The summed E-state index contributed by atoms with van der Waals surface area (Å²) >= 11 is 0. The lowest BCUT2D eigenvalue weighted by molar-refractivity contribution is 0.0655. The Balaban J connectivity index is 2.61. The average Bonchev–Trinajstić information content (AvgIpc) is 2.31. The Morgan fingerprint density at radius 2 is 2.29 bits per heavy atom. The van der Waals surface area contributed by atoms with Crippen molar-refractivity contribution in [2.45, 2.75) is 19.9 Å².